The van der Waals surface area contributed by atoms with Crippen molar-refractivity contribution >= 4 is 46.3 Å². The number of aliphatic imine (C=N–C) groups is 1. The fourth-order valence-corrected chi connectivity index (χ4v) is 6.41. The molecular formula is C33H37ClN6O3S. The lowest BCUT2D eigenvalue weighted by Gasteiger charge is -2.19. The molecule has 5 rings (SSSR count). The van der Waals surface area contributed by atoms with Gasteiger partial charge in [-0.3, -0.25) is 14.4 Å². The number of nitrogens with zero attached hydrogens (tertiary/aromatic N) is 4. The molecule has 1 aliphatic heterocycles. The number of rotatable bonds is 8. The number of alkyl carbamates (subject to hydrolysis) is 1. The molecule has 2 N–H and O–H groups in total. The first-order valence-electron chi connectivity index (χ1n) is 14.6. The SMILES string of the molecule is Cc1sc2c(c1C)C(c1ccc(Cl)cc1)=N[C@@H](CC(=O)Nc1ccc(CCCNC(=O)OC(C)(C)C)cc1)c1nnc(C)n1-2. The van der Waals surface area contributed by atoms with Crippen LogP contribution in [0.1, 0.15) is 78.4 Å². The van der Waals surface area contributed by atoms with E-state index in [-0.39, 0.29) is 12.3 Å². The minimum Gasteiger partial charge on any atom is -0.444 e. The summed E-state index contributed by atoms with van der Waals surface area (Å²) in [6.07, 6.45) is 1.24. The molecule has 44 heavy (non-hydrogen) atoms. The molecule has 0 unspecified atom stereocenters. The highest BCUT2D eigenvalue weighted by Gasteiger charge is 2.32. The maximum Gasteiger partial charge on any atom is 0.407 e. The molecule has 0 saturated heterocycles. The van der Waals surface area contributed by atoms with Crippen LogP contribution in [0, 0.1) is 20.8 Å². The van der Waals surface area contributed by atoms with E-state index in [1.165, 1.54) is 4.88 Å². The Morgan fingerprint density at radius 2 is 1.73 bits per heavy atom. The number of amides is 2. The van der Waals surface area contributed by atoms with Crippen molar-refractivity contribution in [3.8, 4) is 5.00 Å². The zero-order chi connectivity index (χ0) is 31.6. The molecule has 2 aromatic heterocycles. The number of aryl methyl sites for hydroxylation is 3. The average Bonchev–Trinajstić information content (AvgIpc) is 3.43. The van der Waals surface area contributed by atoms with Crippen molar-refractivity contribution in [2.75, 3.05) is 11.9 Å². The van der Waals surface area contributed by atoms with Gasteiger partial charge in [-0.15, -0.1) is 21.5 Å². The number of carbonyl (C=O) groups excluding carboxylic acids is 2. The minimum atomic E-state index is -0.544. The third-order valence-corrected chi connectivity index (χ3v) is 8.73. The van der Waals surface area contributed by atoms with Gasteiger partial charge in [-0.2, -0.15) is 0 Å². The smallest absolute Gasteiger partial charge is 0.407 e. The summed E-state index contributed by atoms with van der Waals surface area (Å²) >= 11 is 7.89. The summed E-state index contributed by atoms with van der Waals surface area (Å²) in [6, 6.07) is 14.8. The van der Waals surface area contributed by atoms with Gasteiger partial charge in [-0.1, -0.05) is 35.9 Å². The van der Waals surface area contributed by atoms with E-state index in [4.69, 9.17) is 21.3 Å². The second-order valence-corrected chi connectivity index (χ2v) is 13.5. The van der Waals surface area contributed by atoms with Crippen LogP contribution in [0.15, 0.2) is 53.5 Å². The number of hydrogen-bond donors (Lipinski definition) is 2. The van der Waals surface area contributed by atoms with E-state index in [0.717, 1.165) is 51.6 Å². The summed E-state index contributed by atoms with van der Waals surface area (Å²) in [5.41, 5.74) is 5.19. The van der Waals surface area contributed by atoms with Crippen LogP contribution in [0.4, 0.5) is 10.5 Å². The first-order chi connectivity index (χ1) is 20.9. The monoisotopic (exact) mass is 632 g/mol. The molecule has 0 bridgehead atoms. The summed E-state index contributed by atoms with van der Waals surface area (Å²) in [6.45, 7) is 12.2. The third-order valence-electron chi connectivity index (χ3n) is 7.28. The molecule has 0 aliphatic carbocycles. The fourth-order valence-electron chi connectivity index (χ4n) is 5.07. The van der Waals surface area contributed by atoms with Crippen LogP contribution < -0.4 is 10.6 Å². The van der Waals surface area contributed by atoms with E-state index >= 15 is 0 Å². The molecular weight excluding hydrogens is 596 g/mol. The fraction of sp³-hybridized carbons (Fsp3) is 0.364. The summed E-state index contributed by atoms with van der Waals surface area (Å²) in [5, 5.41) is 16.3. The lowest BCUT2D eigenvalue weighted by atomic mass is 9.99. The van der Waals surface area contributed by atoms with Crippen molar-refractivity contribution in [1.29, 1.82) is 0 Å². The van der Waals surface area contributed by atoms with Crippen LogP contribution >= 0.6 is 22.9 Å². The van der Waals surface area contributed by atoms with Crippen LogP contribution in [-0.2, 0) is 16.0 Å². The normalized spacial score (nSPS) is 14.2. The lowest BCUT2D eigenvalue weighted by Crippen LogP contribution is -2.33. The van der Waals surface area contributed by atoms with Gasteiger partial charge in [0.15, 0.2) is 5.82 Å². The van der Waals surface area contributed by atoms with Crippen molar-refractivity contribution in [3.63, 3.8) is 0 Å². The van der Waals surface area contributed by atoms with E-state index in [1.807, 2.05) is 80.8 Å². The third kappa shape index (κ3) is 7.19. The van der Waals surface area contributed by atoms with Crippen molar-refractivity contribution in [2.45, 2.75) is 72.4 Å². The van der Waals surface area contributed by atoms with Gasteiger partial charge in [0.2, 0.25) is 5.91 Å². The van der Waals surface area contributed by atoms with E-state index in [0.29, 0.717) is 23.1 Å². The molecule has 230 valence electrons. The molecule has 1 aliphatic rings. The predicted molar refractivity (Wildman–Crippen MR) is 176 cm³/mol. The first kappa shape index (κ1) is 31.4. The van der Waals surface area contributed by atoms with Crippen LogP contribution in [0.2, 0.25) is 5.02 Å². The van der Waals surface area contributed by atoms with Crippen LogP contribution in [0.5, 0.6) is 0 Å². The summed E-state index contributed by atoms with van der Waals surface area (Å²) in [7, 11) is 0. The van der Waals surface area contributed by atoms with Gasteiger partial charge in [-0.05, 0) is 89.8 Å². The summed E-state index contributed by atoms with van der Waals surface area (Å²) in [4.78, 5) is 31.6. The van der Waals surface area contributed by atoms with Crippen molar-refractivity contribution < 1.29 is 14.3 Å². The Kier molecular flexibility index (Phi) is 9.22. The molecule has 2 amide bonds. The van der Waals surface area contributed by atoms with Gasteiger partial charge in [0.1, 0.15) is 22.5 Å². The maximum absolute atomic E-state index is 13.4. The summed E-state index contributed by atoms with van der Waals surface area (Å²) in [5.74, 6) is 1.21. The molecule has 2 aromatic carbocycles. The van der Waals surface area contributed by atoms with E-state index in [9.17, 15) is 9.59 Å². The Morgan fingerprint density at radius 3 is 2.41 bits per heavy atom. The number of benzene rings is 2. The maximum atomic E-state index is 13.4. The van der Waals surface area contributed by atoms with E-state index < -0.39 is 17.7 Å². The molecule has 0 fully saturated rings. The lowest BCUT2D eigenvalue weighted by molar-refractivity contribution is -0.116. The Bertz CT molecular complexity index is 1700. The van der Waals surface area contributed by atoms with Gasteiger partial charge in [0, 0.05) is 33.3 Å². The van der Waals surface area contributed by atoms with E-state index in [1.54, 1.807) is 11.3 Å². The average molecular weight is 633 g/mol. The molecule has 0 spiro atoms. The molecule has 3 heterocycles. The van der Waals surface area contributed by atoms with Gasteiger partial charge in [0.05, 0.1) is 12.1 Å². The van der Waals surface area contributed by atoms with Crippen LogP contribution in [0.25, 0.3) is 5.00 Å². The van der Waals surface area contributed by atoms with Crippen molar-refractivity contribution in [2.24, 2.45) is 4.99 Å². The zero-order valence-electron chi connectivity index (χ0n) is 25.8. The number of ether oxygens (including phenoxy) is 1. The molecule has 0 saturated carbocycles. The highest BCUT2D eigenvalue weighted by atomic mass is 35.5. The first-order valence-corrected chi connectivity index (χ1v) is 15.8. The largest absolute Gasteiger partial charge is 0.444 e. The minimum absolute atomic E-state index is 0.0975. The number of thiophene rings is 1. The Morgan fingerprint density at radius 1 is 1.02 bits per heavy atom. The highest BCUT2D eigenvalue weighted by molar-refractivity contribution is 7.15. The molecule has 0 radical (unpaired) electrons. The van der Waals surface area contributed by atoms with Gasteiger partial charge in [-0.25, -0.2) is 4.79 Å². The second kappa shape index (κ2) is 12.9. The Labute approximate surface area is 266 Å². The van der Waals surface area contributed by atoms with Crippen LogP contribution in [0.3, 0.4) is 0 Å². The molecule has 1 atom stereocenters. The number of aromatic nitrogens is 3. The number of halogens is 1. The number of anilines is 1. The number of fused-ring (bicyclic) bond motifs is 3. The van der Waals surface area contributed by atoms with Gasteiger partial charge in [0.25, 0.3) is 0 Å². The molecule has 4 aromatic rings. The molecule has 11 heteroatoms. The molecule has 9 nitrogen and oxygen atoms in total. The van der Waals surface area contributed by atoms with E-state index in [2.05, 4.69) is 34.7 Å². The number of carbonyl (C=O) groups is 2. The standard InChI is InChI=1S/C33H37ClN6O3S/c1-19-20(2)44-31-28(19)29(23-11-13-24(34)14-12-23)37-26(30-39-38-21(3)40(30)31)18-27(41)36-25-15-9-22(10-16-25)8-7-17-35-32(42)43-33(4,5)6/h9-16,26H,7-8,17-18H2,1-6H3,(H,35,42)(H,36,41)/t26-/m0/s1. The predicted octanol–water partition coefficient (Wildman–Crippen LogP) is 7.29. The van der Waals surface area contributed by atoms with Gasteiger partial charge >= 0.3 is 6.09 Å². The van der Waals surface area contributed by atoms with Gasteiger partial charge < -0.3 is 15.4 Å². The second-order valence-electron chi connectivity index (χ2n) is 11.9. The highest BCUT2D eigenvalue weighted by Crippen LogP contribution is 2.39. The topological polar surface area (TPSA) is 110 Å². The Balaban J connectivity index is 1.30. The van der Waals surface area contributed by atoms with Crippen molar-refractivity contribution in [1.82, 2.24) is 20.1 Å². The van der Waals surface area contributed by atoms with Crippen LogP contribution in [-0.4, -0.2) is 44.6 Å². The zero-order valence-corrected chi connectivity index (χ0v) is 27.4. The quantitative estimate of drug-likeness (QED) is 0.198. The number of nitrogens with one attached hydrogen (secondary N) is 2. The van der Waals surface area contributed by atoms with Crippen molar-refractivity contribution in [3.05, 3.63) is 92.3 Å². The summed E-state index contributed by atoms with van der Waals surface area (Å²) < 4.78 is 7.31. The number of hydrogen-bond acceptors (Lipinski definition) is 7. The Hall–Kier alpha value is -4.02.